The van der Waals surface area contributed by atoms with E-state index in [-0.39, 0.29) is 11.8 Å². The van der Waals surface area contributed by atoms with Crippen LogP contribution in [0.5, 0.6) is 0 Å². The first-order chi connectivity index (χ1) is 11.0. The first kappa shape index (κ1) is 18.4. The smallest absolute Gasteiger partial charge is 0.211 e. The van der Waals surface area contributed by atoms with E-state index in [4.69, 9.17) is 0 Å². The summed E-state index contributed by atoms with van der Waals surface area (Å²) in [4.78, 5) is 2.40. The largest absolute Gasteiger partial charge is 0.299 e. The number of sulfonamides is 1. The summed E-state index contributed by atoms with van der Waals surface area (Å²) < 4.78 is 27.0. The van der Waals surface area contributed by atoms with E-state index in [0.717, 1.165) is 25.4 Å². The molecule has 1 atom stereocenters. The molecule has 0 radical (unpaired) electrons. The molecule has 1 heterocycles. The van der Waals surface area contributed by atoms with E-state index in [0.29, 0.717) is 13.0 Å². The fraction of sp³-hybridized carbons (Fsp3) is 0.667. The fourth-order valence-electron chi connectivity index (χ4n) is 3.03. The Balaban J connectivity index is 1.69. The topological polar surface area (TPSA) is 49.4 Å². The molecule has 1 saturated heterocycles. The van der Waals surface area contributed by atoms with Gasteiger partial charge in [-0.2, -0.15) is 0 Å². The minimum atomic E-state index is -3.17. The first-order valence-electron chi connectivity index (χ1n) is 8.71. The molecule has 2 rings (SSSR count). The number of likely N-dealkylation sites (tertiary alicyclic amines) is 1. The standard InChI is InChI=1S/C18H30N2O2S/c1-16-10-12-20(13-11-16)17(2)15-19-23(21,22)14-6-9-18-7-4-3-5-8-18/h3-5,7-8,16-17,19H,6,9-15H2,1-2H3. The van der Waals surface area contributed by atoms with E-state index in [9.17, 15) is 8.42 Å². The maximum atomic E-state index is 12.1. The molecule has 5 heteroatoms. The molecular formula is C18H30N2O2S. The van der Waals surface area contributed by atoms with Crippen LogP contribution in [-0.2, 0) is 16.4 Å². The number of hydrogen-bond donors (Lipinski definition) is 1. The number of aryl methyl sites for hydroxylation is 1. The Labute approximate surface area is 141 Å². The minimum absolute atomic E-state index is 0.200. The van der Waals surface area contributed by atoms with Crippen LogP contribution in [0.1, 0.15) is 38.7 Å². The van der Waals surface area contributed by atoms with Crippen molar-refractivity contribution in [1.82, 2.24) is 9.62 Å². The predicted octanol–water partition coefficient (Wildman–Crippen LogP) is 2.66. The molecule has 0 amide bonds. The van der Waals surface area contributed by atoms with Crippen LogP contribution in [0.2, 0.25) is 0 Å². The Morgan fingerprint density at radius 1 is 1.22 bits per heavy atom. The van der Waals surface area contributed by atoms with Gasteiger partial charge in [0.2, 0.25) is 10.0 Å². The van der Waals surface area contributed by atoms with Gasteiger partial charge in [-0.25, -0.2) is 13.1 Å². The summed E-state index contributed by atoms with van der Waals surface area (Å²) in [5.74, 6) is 0.999. The molecule has 4 nitrogen and oxygen atoms in total. The third kappa shape index (κ3) is 6.61. The number of rotatable bonds is 8. The Bertz CT molecular complexity index is 552. The zero-order chi connectivity index (χ0) is 16.7. The molecule has 1 fully saturated rings. The van der Waals surface area contributed by atoms with Crippen LogP contribution in [0.15, 0.2) is 30.3 Å². The van der Waals surface area contributed by atoms with Gasteiger partial charge in [-0.1, -0.05) is 37.3 Å². The molecule has 0 aromatic heterocycles. The van der Waals surface area contributed by atoms with E-state index < -0.39 is 10.0 Å². The number of piperidine rings is 1. The highest BCUT2D eigenvalue weighted by Gasteiger charge is 2.21. The number of hydrogen-bond acceptors (Lipinski definition) is 3. The monoisotopic (exact) mass is 338 g/mol. The average Bonchev–Trinajstić information content (AvgIpc) is 2.54. The van der Waals surface area contributed by atoms with Crippen LogP contribution < -0.4 is 4.72 Å². The molecule has 1 aromatic rings. The lowest BCUT2D eigenvalue weighted by Gasteiger charge is -2.34. The maximum absolute atomic E-state index is 12.1. The second kappa shape index (κ2) is 8.81. The number of benzene rings is 1. The van der Waals surface area contributed by atoms with Crippen molar-refractivity contribution in [3.05, 3.63) is 35.9 Å². The zero-order valence-electron chi connectivity index (χ0n) is 14.4. The van der Waals surface area contributed by atoms with Gasteiger partial charge in [0, 0.05) is 12.6 Å². The van der Waals surface area contributed by atoms with Crippen molar-refractivity contribution in [2.75, 3.05) is 25.4 Å². The van der Waals surface area contributed by atoms with Crippen LogP contribution >= 0.6 is 0 Å². The van der Waals surface area contributed by atoms with Gasteiger partial charge in [0.25, 0.3) is 0 Å². The van der Waals surface area contributed by atoms with E-state index in [1.165, 1.54) is 18.4 Å². The zero-order valence-corrected chi connectivity index (χ0v) is 15.2. The van der Waals surface area contributed by atoms with Crippen LogP contribution in [0.4, 0.5) is 0 Å². The third-order valence-corrected chi connectivity index (χ3v) is 6.19. The fourth-order valence-corrected chi connectivity index (χ4v) is 4.19. The Hall–Kier alpha value is -0.910. The van der Waals surface area contributed by atoms with Crippen molar-refractivity contribution in [3.63, 3.8) is 0 Å². The van der Waals surface area contributed by atoms with Crippen LogP contribution in [-0.4, -0.2) is 44.7 Å². The van der Waals surface area contributed by atoms with Gasteiger partial charge in [0.05, 0.1) is 5.75 Å². The van der Waals surface area contributed by atoms with Gasteiger partial charge in [0.1, 0.15) is 0 Å². The second-order valence-corrected chi connectivity index (χ2v) is 8.75. The lowest BCUT2D eigenvalue weighted by molar-refractivity contribution is 0.148. The lowest BCUT2D eigenvalue weighted by atomic mass is 9.98. The van der Waals surface area contributed by atoms with E-state index in [1.54, 1.807) is 0 Å². The summed E-state index contributed by atoms with van der Waals surface area (Å²) in [7, 11) is -3.17. The average molecular weight is 339 g/mol. The van der Waals surface area contributed by atoms with E-state index in [1.807, 2.05) is 30.3 Å². The second-order valence-electron chi connectivity index (χ2n) is 6.82. The van der Waals surface area contributed by atoms with Crippen molar-refractivity contribution in [1.29, 1.82) is 0 Å². The molecule has 1 aliphatic heterocycles. The number of nitrogens with one attached hydrogen (secondary N) is 1. The molecule has 0 saturated carbocycles. The Morgan fingerprint density at radius 2 is 1.87 bits per heavy atom. The molecule has 0 bridgehead atoms. The normalized spacial score (nSPS) is 18.9. The van der Waals surface area contributed by atoms with Gasteiger partial charge in [-0.3, -0.25) is 4.90 Å². The Kier molecular flexibility index (Phi) is 7.06. The van der Waals surface area contributed by atoms with Crippen LogP contribution in [0.25, 0.3) is 0 Å². The lowest BCUT2D eigenvalue weighted by Crippen LogP contribution is -2.45. The van der Waals surface area contributed by atoms with Gasteiger partial charge in [-0.05, 0) is 57.2 Å². The van der Waals surface area contributed by atoms with E-state index >= 15 is 0 Å². The van der Waals surface area contributed by atoms with Gasteiger partial charge >= 0.3 is 0 Å². The summed E-state index contributed by atoms with van der Waals surface area (Å²) in [6.45, 7) is 7.08. The molecule has 0 spiro atoms. The predicted molar refractivity (Wildman–Crippen MR) is 96.0 cm³/mol. The van der Waals surface area contributed by atoms with Gasteiger partial charge in [-0.15, -0.1) is 0 Å². The van der Waals surface area contributed by atoms with Crippen molar-refractivity contribution < 1.29 is 8.42 Å². The molecule has 23 heavy (non-hydrogen) atoms. The highest BCUT2D eigenvalue weighted by molar-refractivity contribution is 7.89. The van der Waals surface area contributed by atoms with Crippen molar-refractivity contribution in [2.45, 2.75) is 45.6 Å². The van der Waals surface area contributed by atoms with Gasteiger partial charge < -0.3 is 0 Å². The Morgan fingerprint density at radius 3 is 2.52 bits per heavy atom. The molecule has 130 valence electrons. The third-order valence-electron chi connectivity index (χ3n) is 4.76. The van der Waals surface area contributed by atoms with Crippen molar-refractivity contribution in [2.24, 2.45) is 5.92 Å². The van der Waals surface area contributed by atoms with Crippen molar-refractivity contribution >= 4 is 10.0 Å². The van der Waals surface area contributed by atoms with Crippen LogP contribution in [0, 0.1) is 5.92 Å². The summed E-state index contributed by atoms with van der Waals surface area (Å²) in [5.41, 5.74) is 1.19. The quantitative estimate of drug-likeness (QED) is 0.793. The summed E-state index contributed by atoms with van der Waals surface area (Å²) in [5, 5.41) is 0. The molecule has 1 aromatic carbocycles. The summed E-state index contributed by atoms with van der Waals surface area (Å²) >= 11 is 0. The van der Waals surface area contributed by atoms with Gasteiger partial charge in [0.15, 0.2) is 0 Å². The molecule has 1 N–H and O–H groups in total. The SMILES string of the molecule is CC1CCN(C(C)CNS(=O)(=O)CCCc2ccccc2)CC1. The highest BCUT2D eigenvalue weighted by atomic mass is 32.2. The van der Waals surface area contributed by atoms with Crippen LogP contribution in [0.3, 0.4) is 0 Å². The molecule has 1 unspecified atom stereocenters. The highest BCUT2D eigenvalue weighted by Crippen LogP contribution is 2.17. The summed E-state index contributed by atoms with van der Waals surface area (Å²) in [6, 6.07) is 10.3. The first-order valence-corrected chi connectivity index (χ1v) is 10.4. The van der Waals surface area contributed by atoms with E-state index in [2.05, 4.69) is 23.5 Å². The van der Waals surface area contributed by atoms with Crippen molar-refractivity contribution in [3.8, 4) is 0 Å². The molecular weight excluding hydrogens is 308 g/mol. The maximum Gasteiger partial charge on any atom is 0.211 e. The summed E-state index contributed by atoms with van der Waals surface area (Å²) in [6.07, 6.45) is 3.90. The minimum Gasteiger partial charge on any atom is -0.299 e. The number of nitrogens with zero attached hydrogens (tertiary/aromatic N) is 1. The molecule has 1 aliphatic rings. The molecule has 0 aliphatic carbocycles.